The summed E-state index contributed by atoms with van der Waals surface area (Å²) in [7, 11) is 0. The molecular formula is C13H13BrFN3O. The van der Waals surface area contributed by atoms with Crippen LogP contribution in [0.5, 0.6) is 11.6 Å². The molecule has 4 nitrogen and oxygen atoms in total. The number of rotatable bonds is 4. The van der Waals surface area contributed by atoms with Gasteiger partial charge in [0, 0.05) is 6.54 Å². The first-order valence-electron chi connectivity index (χ1n) is 5.80. The molecule has 19 heavy (non-hydrogen) atoms. The summed E-state index contributed by atoms with van der Waals surface area (Å²) in [5.74, 6) is 0.635. The fourth-order valence-electron chi connectivity index (χ4n) is 1.52. The van der Waals surface area contributed by atoms with Crippen molar-refractivity contribution in [1.29, 1.82) is 0 Å². The Bertz CT molecular complexity index is 592. The maximum Gasteiger partial charge on any atom is 0.239 e. The lowest BCUT2D eigenvalue weighted by atomic mass is 10.2. The number of halogens is 2. The first-order chi connectivity index (χ1) is 9.13. The summed E-state index contributed by atoms with van der Waals surface area (Å²) in [5.41, 5.74) is 0.523. The first kappa shape index (κ1) is 13.7. The highest BCUT2D eigenvalue weighted by molar-refractivity contribution is 9.10. The lowest BCUT2D eigenvalue weighted by molar-refractivity contribution is 0.422. The van der Waals surface area contributed by atoms with Gasteiger partial charge >= 0.3 is 0 Å². The summed E-state index contributed by atoms with van der Waals surface area (Å²) in [4.78, 5) is 8.07. The molecule has 1 aromatic heterocycles. The molecule has 0 saturated carbocycles. The van der Waals surface area contributed by atoms with Crippen LogP contribution in [0.25, 0.3) is 0 Å². The van der Waals surface area contributed by atoms with Gasteiger partial charge in [-0.1, -0.05) is 12.1 Å². The average Bonchev–Trinajstić information content (AvgIpc) is 2.40. The van der Waals surface area contributed by atoms with E-state index in [9.17, 15) is 4.39 Å². The monoisotopic (exact) mass is 325 g/mol. The van der Waals surface area contributed by atoms with Gasteiger partial charge in [0.1, 0.15) is 16.6 Å². The number of anilines is 1. The molecule has 6 heteroatoms. The Kier molecular flexibility index (Phi) is 4.31. The summed E-state index contributed by atoms with van der Waals surface area (Å²) in [6.07, 6.45) is 1.37. The Labute approximate surface area is 119 Å². The molecule has 0 saturated heterocycles. The van der Waals surface area contributed by atoms with E-state index in [0.29, 0.717) is 22.4 Å². The molecule has 2 aromatic rings. The van der Waals surface area contributed by atoms with E-state index in [4.69, 9.17) is 4.74 Å². The van der Waals surface area contributed by atoms with Gasteiger partial charge in [0.2, 0.25) is 5.88 Å². The van der Waals surface area contributed by atoms with Gasteiger partial charge in [0.25, 0.3) is 0 Å². The average molecular weight is 326 g/mol. The third-order valence-electron chi connectivity index (χ3n) is 2.46. The van der Waals surface area contributed by atoms with Crippen molar-refractivity contribution in [2.45, 2.75) is 13.8 Å². The maximum absolute atomic E-state index is 13.9. The van der Waals surface area contributed by atoms with Crippen molar-refractivity contribution >= 4 is 21.7 Å². The molecule has 1 aromatic carbocycles. The second kappa shape index (κ2) is 5.97. The summed E-state index contributed by atoms with van der Waals surface area (Å²) < 4.78 is 19.9. The molecule has 0 fully saturated rings. The Morgan fingerprint density at radius 3 is 2.89 bits per heavy atom. The minimum Gasteiger partial charge on any atom is -0.435 e. The number of aryl methyl sites for hydroxylation is 1. The molecule has 1 N–H and O–H groups in total. The van der Waals surface area contributed by atoms with Crippen LogP contribution in [0.15, 0.2) is 29.0 Å². The topological polar surface area (TPSA) is 47.0 Å². The Hall–Kier alpha value is -1.69. The standard InChI is InChI=1S/C13H13BrFN3O/c1-3-16-12-10(14)13(18-7-17-12)19-9-6-4-5-8(2)11(9)15/h4-7H,3H2,1-2H3,(H,16,17,18). The molecule has 0 aliphatic rings. The number of hydrogen-bond acceptors (Lipinski definition) is 4. The zero-order valence-electron chi connectivity index (χ0n) is 10.6. The highest BCUT2D eigenvalue weighted by Gasteiger charge is 2.13. The molecular weight excluding hydrogens is 313 g/mol. The summed E-state index contributed by atoms with van der Waals surface area (Å²) in [6.45, 7) is 4.35. The largest absolute Gasteiger partial charge is 0.435 e. The lowest BCUT2D eigenvalue weighted by Crippen LogP contribution is -2.02. The maximum atomic E-state index is 13.9. The van der Waals surface area contributed by atoms with Gasteiger partial charge < -0.3 is 10.1 Å². The van der Waals surface area contributed by atoms with Crippen molar-refractivity contribution in [1.82, 2.24) is 9.97 Å². The van der Waals surface area contributed by atoms with Gasteiger partial charge in [-0.3, -0.25) is 0 Å². The Balaban J connectivity index is 2.33. The van der Waals surface area contributed by atoms with Crippen molar-refractivity contribution in [3.05, 3.63) is 40.4 Å². The van der Waals surface area contributed by atoms with E-state index in [1.54, 1.807) is 25.1 Å². The number of nitrogens with one attached hydrogen (secondary N) is 1. The van der Waals surface area contributed by atoms with E-state index < -0.39 is 5.82 Å². The van der Waals surface area contributed by atoms with Gasteiger partial charge in [-0.05, 0) is 41.4 Å². The summed E-state index contributed by atoms with van der Waals surface area (Å²) >= 11 is 3.35. The lowest BCUT2D eigenvalue weighted by Gasteiger charge is -2.11. The molecule has 0 spiro atoms. The van der Waals surface area contributed by atoms with E-state index in [2.05, 4.69) is 31.2 Å². The first-order valence-corrected chi connectivity index (χ1v) is 6.60. The number of benzene rings is 1. The number of hydrogen-bond donors (Lipinski definition) is 1. The predicted octanol–water partition coefficient (Wildman–Crippen LogP) is 3.91. The predicted molar refractivity (Wildman–Crippen MR) is 75.1 cm³/mol. The van der Waals surface area contributed by atoms with Crippen LogP contribution in [0.4, 0.5) is 10.2 Å². The van der Waals surface area contributed by atoms with E-state index in [-0.39, 0.29) is 11.6 Å². The number of aromatic nitrogens is 2. The van der Waals surface area contributed by atoms with Crippen molar-refractivity contribution in [2.75, 3.05) is 11.9 Å². The molecule has 0 radical (unpaired) electrons. The molecule has 0 bridgehead atoms. The zero-order chi connectivity index (χ0) is 13.8. The molecule has 0 amide bonds. The van der Waals surface area contributed by atoms with E-state index in [1.807, 2.05) is 6.92 Å². The highest BCUT2D eigenvalue weighted by atomic mass is 79.9. The fraction of sp³-hybridized carbons (Fsp3) is 0.231. The van der Waals surface area contributed by atoms with Crippen LogP contribution in [0.2, 0.25) is 0 Å². The molecule has 0 aliphatic heterocycles. The number of nitrogens with zero attached hydrogens (tertiary/aromatic N) is 2. The number of ether oxygens (including phenoxy) is 1. The van der Waals surface area contributed by atoms with E-state index in [1.165, 1.54) is 6.33 Å². The Morgan fingerprint density at radius 1 is 1.37 bits per heavy atom. The zero-order valence-corrected chi connectivity index (χ0v) is 12.2. The van der Waals surface area contributed by atoms with Crippen LogP contribution in [0.3, 0.4) is 0 Å². The molecule has 0 unspecified atom stereocenters. The molecule has 0 atom stereocenters. The fourth-order valence-corrected chi connectivity index (χ4v) is 1.94. The highest BCUT2D eigenvalue weighted by Crippen LogP contribution is 2.33. The second-order valence-electron chi connectivity index (χ2n) is 3.86. The second-order valence-corrected chi connectivity index (χ2v) is 4.65. The minimum absolute atomic E-state index is 0.141. The molecule has 0 aliphatic carbocycles. The smallest absolute Gasteiger partial charge is 0.239 e. The van der Waals surface area contributed by atoms with Crippen molar-refractivity contribution in [3.63, 3.8) is 0 Å². The van der Waals surface area contributed by atoms with Gasteiger partial charge in [-0.2, -0.15) is 0 Å². The van der Waals surface area contributed by atoms with Crippen LogP contribution in [0, 0.1) is 12.7 Å². The summed E-state index contributed by atoms with van der Waals surface area (Å²) in [6, 6.07) is 4.97. The normalized spacial score (nSPS) is 10.3. The third kappa shape index (κ3) is 3.01. The van der Waals surface area contributed by atoms with Crippen LogP contribution in [-0.4, -0.2) is 16.5 Å². The van der Waals surface area contributed by atoms with Crippen molar-refractivity contribution in [2.24, 2.45) is 0 Å². The van der Waals surface area contributed by atoms with Gasteiger partial charge in [-0.25, -0.2) is 14.4 Å². The van der Waals surface area contributed by atoms with Crippen LogP contribution in [0.1, 0.15) is 12.5 Å². The van der Waals surface area contributed by atoms with Crippen LogP contribution in [-0.2, 0) is 0 Å². The third-order valence-corrected chi connectivity index (χ3v) is 3.18. The van der Waals surface area contributed by atoms with Crippen LogP contribution < -0.4 is 10.1 Å². The Morgan fingerprint density at radius 2 is 2.16 bits per heavy atom. The van der Waals surface area contributed by atoms with E-state index >= 15 is 0 Å². The van der Waals surface area contributed by atoms with Gasteiger partial charge in [0.15, 0.2) is 11.6 Å². The van der Waals surface area contributed by atoms with Crippen LogP contribution >= 0.6 is 15.9 Å². The van der Waals surface area contributed by atoms with E-state index in [0.717, 1.165) is 0 Å². The minimum atomic E-state index is -0.391. The summed E-state index contributed by atoms with van der Waals surface area (Å²) in [5, 5.41) is 3.06. The molecule has 2 rings (SSSR count). The quantitative estimate of drug-likeness (QED) is 0.925. The van der Waals surface area contributed by atoms with Gasteiger partial charge in [-0.15, -0.1) is 0 Å². The van der Waals surface area contributed by atoms with Gasteiger partial charge in [0.05, 0.1) is 0 Å². The van der Waals surface area contributed by atoms with Crippen molar-refractivity contribution < 1.29 is 9.13 Å². The molecule has 1 heterocycles. The molecule has 100 valence electrons. The SMILES string of the molecule is CCNc1ncnc(Oc2cccc(C)c2F)c1Br. The van der Waals surface area contributed by atoms with Crippen molar-refractivity contribution in [3.8, 4) is 11.6 Å².